The zero-order chi connectivity index (χ0) is 17.8. The lowest BCUT2D eigenvalue weighted by Crippen LogP contribution is -2.30. The van der Waals surface area contributed by atoms with Crippen LogP contribution in [0.15, 0.2) is 75.8 Å². The minimum atomic E-state index is -0.257. The lowest BCUT2D eigenvalue weighted by Gasteiger charge is -2.16. The fourth-order valence-electron chi connectivity index (χ4n) is 2.55. The Morgan fingerprint density at radius 3 is 2.73 bits per heavy atom. The maximum absolute atomic E-state index is 12.5. The first-order valence-corrected chi connectivity index (χ1v) is 9.88. The molecule has 2 aromatic carbocycles. The highest BCUT2D eigenvalue weighted by molar-refractivity contribution is 7.99. The van der Waals surface area contributed by atoms with E-state index < -0.39 is 0 Å². The van der Waals surface area contributed by atoms with Crippen molar-refractivity contribution in [1.29, 1.82) is 0 Å². The van der Waals surface area contributed by atoms with E-state index in [-0.39, 0.29) is 17.7 Å². The van der Waals surface area contributed by atoms with Gasteiger partial charge < -0.3 is 9.73 Å². The molecule has 26 heavy (non-hydrogen) atoms. The normalized spacial score (nSPS) is 12.2. The Kier molecular flexibility index (Phi) is 4.99. The number of carbonyl (C=O) groups is 1. The van der Waals surface area contributed by atoms with Gasteiger partial charge in [0.15, 0.2) is 5.58 Å². The van der Waals surface area contributed by atoms with Crippen LogP contribution < -0.4 is 5.32 Å². The standard InChI is InChI=1S/C19H15N3O2S2/c23-16(12-26-19-21-14-8-4-5-9-15(14)24-19)22-17(18-20-10-11-25-18)13-6-2-1-3-7-13/h1-11,17H,12H2,(H,22,23). The predicted octanol–water partition coefficient (Wildman–Crippen LogP) is 4.28. The topological polar surface area (TPSA) is 68.0 Å². The smallest absolute Gasteiger partial charge is 0.257 e. The average molecular weight is 381 g/mol. The molecule has 0 aliphatic rings. The summed E-state index contributed by atoms with van der Waals surface area (Å²) in [6.45, 7) is 0. The minimum absolute atomic E-state index is 0.0960. The molecule has 1 atom stereocenters. The van der Waals surface area contributed by atoms with Gasteiger partial charge in [0.2, 0.25) is 5.91 Å². The summed E-state index contributed by atoms with van der Waals surface area (Å²) in [6, 6.07) is 17.1. The number of nitrogens with zero attached hydrogens (tertiary/aromatic N) is 2. The van der Waals surface area contributed by atoms with Gasteiger partial charge >= 0.3 is 0 Å². The molecule has 1 unspecified atom stereocenters. The van der Waals surface area contributed by atoms with Crippen molar-refractivity contribution in [3.8, 4) is 0 Å². The van der Waals surface area contributed by atoms with Crippen LogP contribution in [0.5, 0.6) is 0 Å². The maximum Gasteiger partial charge on any atom is 0.257 e. The number of rotatable bonds is 6. The molecule has 0 saturated carbocycles. The van der Waals surface area contributed by atoms with Gasteiger partial charge in [-0.15, -0.1) is 11.3 Å². The number of nitrogens with one attached hydrogen (secondary N) is 1. The average Bonchev–Trinajstić information content (AvgIpc) is 3.34. The molecular formula is C19H15N3O2S2. The number of benzene rings is 2. The number of thioether (sulfide) groups is 1. The summed E-state index contributed by atoms with van der Waals surface area (Å²) in [6.07, 6.45) is 1.75. The molecule has 4 rings (SSSR count). The third-order valence-corrected chi connectivity index (χ3v) is 5.41. The zero-order valence-electron chi connectivity index (χ0n) is 13.7. The first kappa shape index (κ1) is 16.8. The van der Waals surface area contributed by atoms with Crippen LogP contribution in [0, 0.1) is 0 Å². The predicted molar refractivity (Wildman–Crippen MR) is 103 cm³/mol. The van der Waals surface area contributed by atoms with E-state index in [0.29, 0.717) is 5.22 Å². The van der Waals surface area contributed by atoms with Crippen molar-refractivity contribution in [2.75, 3.05) is 5.75 Å². The number of para-hydroxylation sites is 2. The number of oxazole rings is 1. The first-order valence-electron chi connectivity index (χ1n) is 8.01. The second kappa shape index (κ2) is 7.72. The van der Waals surface area contributed by atoms with Crippen molar-refractivity contribution < 1.29 is 9.21 Å². The van der Waals surface area contributed by atoms with Crippen LogP contribution in [0.3, 0.4) is 0 Å². The third kappa shape index (κ3) is 3.79. The molecule has 2 aromatic heterocycles. The SMILES string of the molecule is O=C(CSc1nc2ccccc2o1)NC(c1ccccc1)c1nccs1. The van der Waals surface area contributed by atoms with Crippen molar-refractivity contribution in [3.05, 3.63) is 76.7 Å². The Morgan fingerprint density at radius 1 is 1.15 bits per heavy atom. The molecule has 0 bridgehead atoms. The third-order valence-electron chi connectivity index (χ3n) is 3.74. The highest BCUT2D eigenvalue weighted by Gasteiger charge is 2.19. The summed E-state index contributed by atoms with van der Waals surface area (Å²) < 4.78 is 5.64. The number of carbonyl (C=O) groups excluding carboxylic acids is 1. The van der Waals surface area contributed by atoms with E-state index >= 15 is 0 Å². The first-order chi connectivity index (χ1) is 12.8. The molecule has 0 radical (unpaired) electrons. The Balaban J connectivity index is 1.45. The summed E-state index contributed by atoms with van der Waals surface area (Å²) >= 11 is 2.80. The van der Waals surface area contributed by atoms with Gasteiger partial charge in [0.05, 0.1) is 5.75 Å². The summed E-state index contributed by atoms with van der Waals surface area (Å²) in [5, 5.41) is 6.32. The quantitative estimate of drug-likeness (QED) is 0.505. The Bertz CT molecular complexity index is 967. The largest absolute Gasteiger partial charge is 0.431 e. The van der Waals surface area contributed by atoms with Gasteiger partial charge in [-0.3, -0.25) is 4.79 Å². The molecule has 7 heteroatoms. The van der Waals surface area contributed by atoms with Crippen molar-refractivity contribution in [2.45, 2.75) is 11.3 Å². The maximum atomic E-state index is 12.5. The molecular weight excluding hydrogens is 366 g/mol. The lowest BCUT2D eigenvalue weighted by molar-refractivity contribution is -0.119. The Morgan fingerprint density at radius 2 is 1.96 bits per heavy atom. The molecule has 0 aliphatic carbocycles. The van der Waals surface area contributed by atoms with Gasteiger partial charge in [-0.1, -0.05) is 54.2 Å². The van der Waals surface area contributed by atoms with Crippen molar-refractivity contribution >= 4 is 40.1 Å². The van der Waals surface area contributed by atoms with Crippen LogP contribution in [-0.4, -0.2) is 21.6 Å². The van der Waals surface area contributed by atoms with Crippen molar-refractivity contribution in [3.63, 3.8) is 0 Å². The van der Waals surface area contributed by atoms with E-state index in [1.165, 1.54) is 23.1 Å². The van der Waals surface area contributed by atoms with Crippen molar-refractivity contribution in [1.82, 2.24) is 15.3 Å². The van der Waals surface area contributed by atoms with Crippen LogP contribution in [0.2, 0.25) is 0 Å². The number of thiazole rings is 1. The molecule has 0 spiro atoms. The summed E-state index contributed by atoms with van der Waals surface area (Å²) in [7, 11) is 0. The van der Waals surface area contributed by atoms with Crippen LogP contribution >= 0.6 is 23.1 Å². The Labute approximate surface area is 158 Å². The molecule has 1 amide bonds. The molecule has 5 nitrogen and oxygen atoms in total. The van der Waals surface area contributed by atoms with E-state index in [2.05, 4.69) is 15.3 Å². The molecule has 1 N–H and O–H groups in total. The Hall–Kier alpha value is -2.64. The fraction of sp³-hybridized carbons (Fsp3) is 0.105. The molecule has 0 aliphatic heterocycles. The van der Waals surface area contributed by atoms with Gasteiger partial charge in [0.25, 0.3) is 5.22 Å². The van der Waals surface area contributed by atoms with E-state index in [1.54, 1.807) is 6.20 Å². The van der Waals surface area contributed by atoms with Crippen LogP contribution in [0.4, 0.5) is 0 Å². The highest BCUT2D eigenvalue weighted by Crippen LogP contribution is 2.25. The number of fused-ring (bicyclic) bond motifs is 1. The zero-order valence-corrected chi connectivity index (χ0v) is 15.3. The van der Waals surface area contributed by atoms with E-state index in [1.807, 2.05) is 60.0 Å². The van der Waals surface area contributed by atoms with Gasteiger partial charge in [-0.25, -0.2) is 9.97 Å². The molecule has 130 valence electrons. The second-order valence-corrected chi connectivity index (χ2v) is 7.37. The summed E-state index contributed by atoms with van der Waals surface area (Å²) in [5.74, 6) is 0.128. The van der Waals surface area contributed by atoms with Crippen molar-refractivity contribution in [2.24, 2.45) is 0 Å². The van der Waals surface area contributed by atoms with E-state index in [4.69, 9.17) is 4.42 Å². The second-order valence-electron chi connectivity index (χ2n) is 5.52. The van der Waals surface area contributed by atoms with Gasteiger partial charge in [0.1, 0.15) is 16.6 Å². The van der Waals surface area contributed by atoms with Crippen LogP contribution in [-0.2, 0) is 4.79 Å². The van der Waals surface area contributed by atoms with Gasteiger partial charge in [-0.05, 0) is 17.7 Å². The van der Waals surface area contributed by atoms with Gasteiger partial charge in [0, 0.05) is 11.6 Å². The highest BCUT2D eigenvalue weighted by atomic mass is 32.2. The number of hydrogen-bond donors (Lipinski definition) is 1. The van der Waals surface area contributed by atoms with Gasteiger partial charge in [-0.2, -0.15) is 0 Å². The molecule has 4 aromatic rings. The van der Waals surface area contributed by atoms with Crippen LogP contribution in [0.1, 0.15) is 16.6 Å². The van der Waals surface area contributed by atoms with Crippen LogP contribution in [0.25, 0.3) is 11.1 Å². The molecule has 0 saturated heterocycles. The minimum Gasteiger partial charge on any atom is -0.431 e. The number of aromatic nitrogens is 2. The van der Waals surface area contributed by atoms with E-state index in [9.17, 15) is 4.79 Å². The molecule has 2 heterocycles. The lowest BCUT2D eigenvalue weighted by atomic mass is 10.1. The fourth-order valence-corrected chi connectivity index (χ4v) is 3.92. The monoisotopic (exact) mass is 381 g/mol. The number of amides is 1. The van der Waals surface area contributed by atoms with E-state index in [0.717, 1.165) is 21.7 Å². The molecule has 0 fully saturated rings. The number of hydrogen-bond acceptors (Lipinski definition) is 6. The summed E-state index contributed by atoms with van der Waals surface area (Å²) in [5.41, 5.74) is 2.52. The summed E-state index contributed by atoms with van der Waals surface area (Å²) in [4.78, 5) is 21.2.